The van der Waals surface area contributed by atoms with E-state index >= 15 is 0 Å². The Hall–Kier alpha value is -2.29. The molecule has 4 rings (SSSR count). The maximum absolute atomic E-state index is 13.0. The van der Waals surface area contributed by atoms with Crippen LogP contribution in [-0.4, -0.2) is 15.9 Å². The van der Waals surface area contributed by atoms with E-state index in [1.165, 1.54) is 4.68 Å². The average Bonchev–Trinajstić information content (AvgIpc) is 2.79. The molecule has 0 amide bonds. The van der Waals surface area contributed by atoms with Gasteiger partial charge in [0.05, 0.1) is 26.1 Å². The second kappa shape index (κ2) is 10.1. The number of rotatable bonds is 6. The summed E-state index contributed by atoms with van der Waals surface area (Å²) in [5.41, 5.74) is 2.34. The van der Waals surface area contributed by atoms with E-state index in [-0.39, 0.29) is 5.56 Å². The maximum Gasteiger partial charge on any atom is 0.282 e. The number of aromatic nitrogens is 2. The molecule has 162 valence electrons. The third-order valence-corrected chi connectivity index (χ3v) is 6.43. The Labute approximate surface area is 210 Å². The summed E-state index contributed by atoms with van der Waals surface area (Å²) in [5.74, 6) is 1.30. The van der Waals surface area contributed by atoms with E-state index in [0.29, 0.717) is 35.5 Å². The summed E-state index contributed by atoms with van der Waals surface area (Å²) in [4.78, 5) is 17.6. The number of hydrogen-bond donors (Lipinski definition) is 0. The van der Waals surface area contributed by atoms with Gasteiger partial charge in [0, 0.05) is 10.9 Å². The Bertz CT molecular complexity index is 1350. The van der Waals surface area contributed by atoms with Crippen molar-refractivity contribution < 1.29 is 4.74 Å². The van der Waals surface area contributed by atoms with Crippen molar-refractivity contribution in [3.63, 3.8) is 0 Å². The minimum Gasteiger partial charge on any atom is -0.487 e. The monoisotopic (exact) mass is 617 g/mol. The molecule has 1 aromatic heterocycles. The second-order valence-electron chi connectivity index (χ2n) is 6.99. The van der Waals surface area contributed by atoms with Crippen molar-refractivity contribution in [2.75, 3.05) is 0 Å². The topological polar surface area (TPSA) is 56.5 Å². The van der Waals surface area contributed by atoms with Gasteiger partial charge in [0.2, 0.25) is 0 Å². The molecular formula is C24H18Br3N3O2. The molecule has 1 heterocycles. The molecule has 32 heavy (non-hydrogen) atoms. The summed E-state index contributed by atoms with van der Waals surface area (Å²) >= 11 is 10.6. The van der Waals surface area contributed by atoms with Gasteiger partial charge >= 0.3 is 0 Å². The van der Waals surface area contributed by atoms with Gasteiger partial charge in [-0.05, 0) is 73.3 Å². The summed E-state index contributed by atoms with van der Waals surface area (Å²) < 4.78 is 9.73. The SMILES string of the molecule is CCc1nc2ccc(Br)cc2c(=O)n1N=Cc1cc(Br)c(OCc2ccccc2)c(Br)c1. The van der Waals surface area contributed by atoms with Crippen LogP contribution in [0.1, 0.15) is 23.9 Å². The van der Waals surface area contributed by atoms with Gasteiger partial charge in [-0.15, -0.1) is 0 Å². The number of halogens is 3. The third-order valence-electron chi connectivity index (χ3n) is 4.76. The second-order valence-corrected chi connectivity index (χ2v) is 9.62. The van der Waals surface area contributed by atoms with Gasteiger partial charge in [-0.1, -0.05) is 53.2 Å². The molecule has 0 fully saturated rings. The minimum absolute atomic E-state index is 0.203. The highest BCUT2D eigenvalue weighted by Crippen LogP contribution is 2.35. The van der Waals surface area contributed by atoms with Crippen molar-refractivity contribution in [2.45, 2.75) is 20.0 Å². The lowest BCUT2D eigenvalue weighted by Crippen LogP contribution is -2.22. The highest BCUT2D eigenvalue weighted by atomic mass is 79.9. The first-order valence-corrected chi connectivity index (χ1v) is 12.3. The Balaban J connectivity index is 1.64. The Morgan fingerprint density at radius 1 is 1.03 bits per heavy atom. The predicted molar refractivity (Wildman–Crippen MR) is 139 cm³/mol. The smallest absolute Gasteiger partial charge is 0.282 e. The molecule has 3 aromatic carbocycles. The first-order chi connectivity index (χ1) is 15.5. The molecule has 0 aliphatic heterocycles. The largest absolute Gasteiger partial charge is 0.487 e. The maximum atomic E-state index is 13.0. The zero-order chi connectivity index (χ0) is 22.7. The normalized spacial score (nSPS) is 11.4. The lowest BCUT2D eigenvalue weighted by Gasteiger charge is -2.11. The van der Waals surface area contributed by atoms with E-state index in [2.05, 4.69) is 57.9 Å². The number of hydrogen-bond acceptors (Lipinski definition) is 4. The zero-order valence-corrected chi connectivity index (χ0v) is 21.8. The number of ether oxygens (including phenoxy) is 1. The van der Waals surface area contributed by atoms with Crippen LogP contribution in [0.3, 0.4) is 0 Å². The minimum atomic E-state index is -0.203. The molecule has 4 aromatic rings. The number of benzene rings is 3. The van der Waals surface area contributed by atoms with Crippen molar-refractivity contribution in [3.8, 4) is 5.75 Å². The molecule has 0 saturated carbocycles. The fourth-order valence-corrected chi connectivity index (χ4v) is 5.00. The molecule has 0 saturated heterocycles. The number of fused-ring (bicyclic) bond motifs is 1. The van der Waals surface area contributed by atoms with Crippen molar-refractivity contribution >= 4 is 64.9 Å². The Morgan fingerprint density at radius 3 is 2.44 bits per heavy atom. The van der Waals surface area contributed by atoms with E-state index in [1.54, 1.807) is 12.3 Å². The van der Waals surface area contributed by atoms with Gasteiger partial charge in [0.1, 0.15) is 18.2 Å². The first-order valence-electron chi connectivity index (χ1n) is 9.87. The molecule has 0 atom stereocenters. The van der Waals surface area contributed by atoms with E-state index in [4.69, 9.17) is 4.74 Å². The molecule has 8 heteroatoms. The van der Waals surface area contributed by atoms with Gasteiger partial charge in [-0.2, -0.15) is 9.78 Å². The lowest BCUT2D eigenvalue weighted by atomic mass is 10.2. The summed E-state index contributed by atoms with van der Waals surface area (Å²) in [6.45, 7) is 2.41. The molecule has 0 radical (unpaired) electrons. The summed E-state index contributed by atoms with van der Waals surface area (Å²) in [6, 6.07) is 19.2. The van der Waals surface area contributed by atoms with Crippen LogP contribution >= 0.6 is 47.8 Å². The van der Waals surface area contributed by atoms with E-state index < -0.39 is 0 Å². The standard InChI is InChI=1S/C24H18Br3N3O2/c1-2-22-29-21-9-8-17(25)12-18(21)24(31)30(22)28-13-16-10-19(26)23(20(27)11-16)32-14-15-6-4-3-5-7-15/h3-13H,2,14H2,1H3. The Kier molecular flexibility index (Phi) is 7.23. The van der Waals surface area contributed by atoms with Gasteiger partial charge in [0.25, 0.3) is 5.56 Å². The van der Waals surface area contributed by atoms with Crippen molar-refractivity contribution in [1.82, 2.24) is 9.66 Å². The highest BCUT2D eigenvalue weighted by Gasteiger charge is 2.11. The van der Waals surface area contributed by atoms with Crippen LogP contribution < -0.4 is 10.3 Å². The van der Waals surface area contributed by atoms with E-state index in [9.17, 15) is 4.79 Å². The summed E-state index contributed by atoms with van der Waals surface area (Å²) in [7, 11) is 0. The molecule has 0 aliphatic carbocycles. The fourth-order valence-electron chi connectivity index (χ4n) is 3.19. The van der Waals surface area contributed by atoms with Crippen molar-refractivity contribution in [2.24, 2.45) is 5.10 Å². The Morgan fingerprint density at radius 2 is 1.75 bits per heavy atom. The molecule has 0 spiro atoms. The molecule has 5 nitrogen and oxygen atoms in total. The molecule has 0 aliphatic rings. The van der Waals surface area contributed by atoms with Crippen LogP contribution in [0.15, 0.2) is 84.0 Å². The third kappa shape index (κ3) is 5.03. The predicted octanol–water partition coefficient (Wildman–Crippen LogP) is 6.71. The summed E-state index contributed by atoms with van der Waals surface area (Å²) in [6.07, 6.45) is 2.22. The van der Waals surface area contributed by atoms with Crippen LogP contribution in [0.2, 0.25) is 0 Å². The number of aryl methyl sites for hydroxylation is 1. The molecule has 0 unspecified atom stereocenters. The van der Waals surface area contributed by atoms with Gasteiger partial charge < -0.3 is 4.74 Å². The van der Waals surface area contributed by atoms with Gasteiger partial charge in [0.15, 0.2) is 0 Å². The van der Waals surface area contributed by atoms with Crippen LogP contribution in [0.4, 0.5) is 0 Å². The van der Waals surface area contributed by atoms with Crippen LogP contribution in [0, 0.1) is 0 Å². The van der Waals surface area contributed by atoms with Crippen molar-refractivity contribution in [1.29, 1.82) is 0 Å². The molecular weight excluding hydrogens is 602 g/mol. The quantitative estimate of drug-likeness (QED) is 0.226. The molecule has 0 bridgehead atoms. The lowest BCUT2D eigenvalue weighted by molar-refractivity contribution is 0.302. The zero-order valence-electron chi connectivity index (χ0n) is 17.1. The fraction of sp³-hybridized carbons (Fsp3) is 0.125. The van der Waals surface area contributed by atoms with Gasteiger partial charge in [-0.25, -0.2) is 4.98 Å². The average molecular weight is 620 g/mol. The van der Waals surface area contributed by atoms with Crippen LogP contribution in [0.5, 0.6) is 5.75 Å². The number of nitrogens with zero attached hydrogens (tertiary/aromatic N) is 3. The highest BCUT2D eigenvalue weighted by molar-refractivity contribution is 9.11. The van der Waals surface area contributed by atoms with Crippen LogP contribution in [0.25, 0.3) is 10.9 Å². The van der Waals surface area contributed by atoms with Gasteiger partial charge in [-0.3, -0.25) is 4.79 Å². The van der Waals surface area contributed by atoms with Crippen LogP contribution in [-0.2, 0) is 13.0 Å². The van der Waals surface area contributed by atoms with Crippen molar-refractivity contribution in [3.05, 3.63) is 101 Å². The summed E-state index contributed by atoms with van der Waals surface area (Å²) in [5, 5.41) is 4.97. The molecule has 0 N–H and O–H groups in total. The van der Waals surface area contributed by atoms with E-state index in [1.807, 2.05) is 61.5 Å². The first kappa shape index (κ1) is 22.9. The van der Waals surface area contributed by atoms with E-state index in [0.717, 1.165) is 24.5 Å².